The second kappa shape index (κ2) is 5.23. The van der Waals surface area contributed by atoms with E-state index in [1.54, 1.807) is 0 Å². The average molecular weight is 246 g/mol. The third kappa shape index (κ3) is 3.01. The molecule has 2 nitrogen and oxygen atoms in total. The Morgan fingerprint density at radius 3 is 2.76 bits per heavy atom. The van der Waals surface area contributed by atoms with E-state index < -0.39 is 0 Å². The van der Waals surface area contributed by atoms with Crippen LogP contribution in [0.25, 0.3) is 0 Å². The second-order valence-electron chi connectivity index (χ2n) is 4.29. The molecule has 0 unspecified atom stereocenters. The summed E-state index contributed by atoms with van der Waals surface area (Å²) in [7, 11) is 2.11. The Labute approximate surface area is 107 Å². The number of benzene rings is 1. The molecule has 3 heteroatoms. The standard InChI is InChI=1S/C14H18N2S/c1-11-7-9-17-14(11)6-8-16(2)13-5-3-4-12(15)10-13/h3-5,7,9-10H,6,8,15H2,1-2H3. The van der Waals surface area contributed by atoms with E-state index in [1.165, 1.54) is 16.1 Å². The third-order valence-electron chi connectivity index (χ3n) is 2.95. The summed E-state index contributed by atoms with van der Waals surface area (Å²) >= 11 is 1.84. The summed E-state index contributed by atoms with van der Waals surface area (Å²) in [5.41, 5.74) is 9.19. The van der Waals surface area contributed by atoms with Gasteiger partial charge in [-0.3, -0.25) is 0 Å². The molecule has 0 amide bonds. The molecule has 0 aliphatic heterocycles. The molecule has 0 aliphatic carbocycles. The fraction of sp³-hybridized carbons (Fsp3) is 0.286. The predicted molar refractivity (Wildman–Crippen MR) is 76.9 cm³/mol. The summed E-state index contributed by atoms with van der Waals surface area (Å²) in [5, 5.41) is 2.16. The van der Waals surface area contributed by atoms with Crippen LogP contribution in [0, 0.1) is 6.92 Å². The van der Waals surface area contributed by atoms with Gasteiger partial charge < -0.3 is 10.6 Å². The Morgan fingerprint density at radius 1 is 1.29 bits per heavy atom. The largest absolute Gasteiger partial charge is 0.399 e. The number of thiophene rings is 1. The average Bonchev–Trinajstić information content (AvgIpc) is 2.72. The molecule has 1 aromatic heterocycles. The monoisotopic (exact) mass is 246 g/mol. The fourth-order valence-electron chi connectivity index (χ4n) is 1.82. The van der Waals surface area contributed by atoms with E-state index >= 15 is 0 Å². The Bertz CT molecular complexity index is 490. The summed E-state index contributed by atoms with van der Waals surface area (Å²) < 4.78 is 0. The number of likely N-dealkylation sites (N-methyl/N-ethyl adjacent to an activating group) is 1. The van der Waals surface area contributed by atoms with Gasteiger partial charge in [0.1, 0.15) is 0 Å². The van der Waals surface area contributed by atoms with Crippen LogP contribution in [0.5, 0.6) is 0 Å². The first-order valence-electron chi connectivity index (χ1n) is 5.76. The molecule has 2 aromatic rings. The number of hydrogen-bond donors (Lipinski definition) is 1. The van der Waals surface area contributed by atoms with Crippen LogP contribution in [-0.2, 0) is 6.42 Å². The van der Waals surface area contributed by atoms with Crippen molar-refractivity contribution in [3.05, 3.63) is 46.2 Å². The Morgan fingerprint density at radius 2 is 2.12 bits per heavy atom. The van der Waals surface area contributed by atoms with Gasteiger partial charge in [-0.15, -0.1) is 11.3 Å². The summed E-state index contributed by atoms with van der Waals surface area (Å²) in [6, 6.07) is 10.2. The quantitative estimate of drug-likeness (QED) is 0.839. The maximum atomic E-state index is 5.79. The van der Waals surface area contributed by atoms with E-state index in [1.807, 2.05) is 29.5 Å². The highest BCUT2D eigenvalue weighted by Gasteiger charge is 2.04. The Hall–Kier alpha value is -1.48. The highest BCUT2D eigenvalue weighted by atomic mass is 32.1. The van der Waals surface area contributed by atoms with Crippen molar-refractivity contribution in [1.82, 2.24) is 0 Å². The molecule has 1 aromatic carbocycles. The molecule has 0 bridgehead atoms. The van der Waals surface area contributed by atoms with Gasteiger partial charge in [-0.25, -0.2) is 0 Å². The Kier molecular flexibility index (Phi) is 3.69. The predicted octanol–water partition coefficient (Wildman–Crippen LogP) is 3.32. The van der Waals surface area contributed by atoms with Crippen LogP contribution >= 0.6 is 11.3 Å². The topological polar surface area (TPSA) is 29.3 Å². The molecule has 0 saturated heterocycles. The first kappa shape index (κ1) is 12.0. The molecular formula is C14H18N2S. The minimum absolute atomic E-state index is 0.821. The van der Waals surface area contributed by atoms with Crippen molar-refractivity contribution in [2.45, 2.75) is 13.3 Å². The summed E-state index contributed by atoms with van der Waals surface area (Å²) in [6.45, 7) is 3.19. The second-order valence-corrected chi connectivity index (χ2v) is 5.29. The van der Waals surface area contributed by atoms with Crippen molar-refractivity contribution in [2.24, 2.45) is 0 Å². The van der Waals surface area contributed by atoms with Crippen LogP contribution in [0.15, 0.2) is 35.7 Å². The molecule has 0 radical (unpaired) electrons. The molecule has 1 heterocycles. The molecule has 0 saturated carbocycles. The van der Waals surface area contributed by atoms with Gasteiger partial charge in [0.05, 0.1) is 0 Å². The SMILES string of the molecule is Cc1ccsc1CCN(C)c1cccc(N)c1. The lowest BCUT2D eigenvalue weighted by Crippen LogP contribution is -2.20. The number of rotatable bonds is 4. The van der Waals surface area contributed by atoms with E-state index in [0.717, 1.165) is 18.7 Å². The highest BCUT2D eigenvalue weighted by Crippen LogP contribution is 2.19. The van der Waals surface area contributed by atoms with Crippen LogP contribution in [0.4, 0.5) is 11.4 Å². The minimum Gasteiger partial charge on any atom is -0.399 e. The normalized spacial score (nSPS) is 10.5. The van der Waals surface area contributed by atoms with Crippen LogP contribution in [0.1, 0.15) is 10.4 Å². The smallest absolute Gasteiger partial charge is 0.0384 e. The van der Waals surface area contributed by atoms with Gasteiger partial charge in [0.2, 0.25) is 0 Å². The van der Waals surface area contributed by atoms with Crippen molar-refractivity contribution < 1.29 is 0 Å². The van der Waals surface area contributed by atoms with Gasteiger partial charge in [-0.2, -0.15) is 0 Å². The van der Waals surface area contributed by atoms with E-state index in [-0.39, 0.29) is 0 Å². The molecule has 90 valence electrons. The molecule has 0 fully saturated rings. The van der Waals surface area contributed by atoms with Crippen molar-refractivity contribution >= 4 is 22.7 Å². The highest BCUT2D eigenvalue weighted by molar-refractivity contribution is 7.10. The van der Waals surface area contributed by atoms with E-state index in [4.69, 9.17) is 5.73 Å². The summed E-state index contributed by atoms with van der Waals surface area (Å²) in [5.74, 6) is 0. The maximum Gasteiger partial charge on any atom is 0.0384 e. The van der Waals surface area contributed by atoms with Gasteiger partial charge >= 0.3 is 0 Å². The van der Waals surface area contributed by atoms with Crippen molar-refractivity contribution in [3.8, 4) is 0 Å². The van der Waals surface area contributed by atoms with Crippen molar-refractivity contribution in [3.63, 3.8) is 0 Å². The zero-order valence-corrected chi connectivity index (χ0v) is 11.1. The molecule has 2 rings (SSSR count). The Balaban J connectivity index is 1.98. The zero-order chi connectivity index (χ0) is 12.3. The molecule has 0 spiro atoms. The molecule has 0 aliphatic rings. The first-order valence-corrected chi connectivity index (χ1v) is 6.64. The van der Waals surface area contributed by atoms with Crippen molar-refractivity contribution in [1.29, 1.82) is 0 Å². The number of nitrogens with two attached hydrogens (primary N) is 1. The van der Waals surface area contributed by atoms with Crippen LogP contribution in [0.2, 0.25) is 0 Å². The van der Waals surface area contributed by atoms with Crippen LogP contribution < -0.4 is 10.6 Å². The van der Waals surface area contributed by atoms with Crippen LogP contribution in [0.3, 0.4) is 0 Å². The summed E-state index contributed by atoms with van der Waals surface area (Å²) in [4.78, 5) is 3.72. The number of anilines is 2. The minimum atomic E-state index is 0.821. The lowest BCUT2D eigenvalue weighted by molar-refractivity contribution is 0.884. The van der Waals surface area contributed by atoms with Crippen molar-refractivity contribution in [2.75, 3.05) is 24.2 Å². The van der Waals surface area contributed by atoms with Gasteiger partial charge in [0.15, 0.2) is 0 Å². The number of aryl methyl sites for hydroxylation is 1. The van der Waals surface area contributed by atoms with E-state index in [2.05, 4.69) is 36.4 Å². The fourth-order valence-corrected chi connectivity index (χ4v) is 2.72. The van der Waals surface area contributed by atoms with Gasteiger partial charge in [0.25, 0.3) is 0 Å². The third-order valence-corrected chi connectivity index (χ3v) is 4.04. The number of nitrogen functional groups attached to an aromatic ring is 1. The first-order chi connectivity index (χ1) is 8.16. The van der Waals surface area contributed by atoms with Gasteiger partial charge in [-0.1, -0.05) is 6.07 Å². The molecular weight excluding hydrogens is 228 g/mol. The maximum absolute atomic E-state index is 5.79. The van der Waals surface area contributed by atoms with Gasteiger partial charge in [-0.05, 0) is 48.6 Å². The lowest BCUT2D eigenvalue weighted by atomic mass is 10.2. The zero-order valence-electron chi connectivity index (χ0n) is 10.3. The summed E-state index contributed by atoms with van der Waals surface area (Å²) in [6.07, 6.45) is 1.09. The number of nitrogens with zero attached hydrogens (tertiary/aromatic N) is 1. The van der Waals surface area contributed by atoms with E-state index in [0.29, 0.717) is 0 Å². The number of hydrogen-bond acceptors (Lipinski definition) is 3. The lowest BCUT2D eigenvalue weighted by Gasteiger charge is -2.19. The molecule has 2 N–H and O–H groups in total. The molecule has 17 heavy (non-hydrogen) atoms. The van der Waals surface area contributed by atoms with Crippen LogP contribution in [-0.4, -0.2) is 13.6 Å². The molecule has 0 atom stereocenters. The van der Waals surface area contributed by atoms with E-state index in [9.17, 15) is 0 Å². The van der Waals surface area contributed by atoms with Gasteiger partial charge in [0, 0.05) is 29.8 Å².